The smallest absolute Gasteiger partial charge is 0.257 e. The van der Waals surface area contributed by atoms with Crippen molar-refractivity contribution < 1.29 is 4.79 Å². The minimum absolute atomic E-state index is 0.0417. The summed E-state index contributed by atoms with van der Waals surface area (Å²) in [6.07, 6.45) is 2.99. The molecule has 28 heavy (non-hydrogen) atoms. The van der Waals surface area contributed by atoms with E-state index in [0.717, 1.165) is 12.0 Å². The average molecular weight is 398 g/mol. The lowest BCUT2D eigenvalue weighted by atomic mass is 10.1. The Kier molecular flexibility index (Phi) is 4.81. The van der Waals surface area contributed by atoms with Crippen molar-refractivity contribution in [3.8, 4) is 0 Å². The second kappa shape index (κ2) is 7.28. The van der Waals surface area contributed by atoms with Crippen LogP contribution in [0, 0.1) is 0 Å². The van der Waals surface area contributed by atoms with Crippen molar-refractivity contribution in [1.82, 2.24) is 14.5 Å². The van der Waals surface area contributed by atoms with E-state index in [0.29, 0.717) is 47.7 Å². The summed E-state index contributed by atoms with van der Waals surface area (Å²) in [5.74, 6) is -0.424. The highest BCUT2D eigenvalue weighted by Crippen LogP contribution is 2.18. The van der Waals surface area contributed by atoms with Crippen LogP contribution in [-0.4, -0.2) is 15.0 Å². The predicted octanol–water partition coefficient (Wildman–Crippen LogP) is 2.71. The number of carbonyl (C=O) groups excluding carboxylic acids is 1. The molecule has 0 fully saturated rings. The van der Waals surface area contributed by atoms with Gasteiger partial charge in [-0.05, 0) is 30.2 Å². The van der Waals surface area contributed by atoms with Crippen LogP contribution >= 0.6 is 11.6 Å². The number of aromatic nitrogens is 2. The first-order valence-electron chi connectivity index (χ1n) is 9.32. The van der Waals surface area contributed by atoms with Gasteiger partial charge in [0, 0.05) is 36.4 Å². The van der Waals surface area contributed by atoms with Gasteiger partial charge in [0.2, 0.25) is 5.43 Å². The largest absolute Gasteiger partial charge is 0.348 e. The van der Waals surface area contributed by atoms with Gasteiger partial charge in [-0.2, -0.15) is 0 Å². The standard InChI is InChI=1S/C21H20ClN3O3/c1-2-3-14-10-16-18(26)17(12-24-8-9-25(20(16)24)21(14)28)19(27)23-11-13-4-6-15(22)7-5-13/h4-7,10,12H,2-3,8-9,11H2,1H3,(H,23,27). The van der Waals surface area contributed by atoms with Crippen LogP contribution in [0.3, 0.4) is 0 Å². The summed E-state index contributed by atoms with van der Waals surface area (Å²) in [6.45, 7) is 3.38. The number of halogens is 1. The Balaban J connectivity index is 1.72. The number of carbonyl (C=O) groups is 1. The molecule has 1 aliphatic heterocycles. The summed E-state index contributed by atoms with van der Waals surface area (Å²) in [6, 6.07) is 8.82. The van der Waals surface area contributed by atoms with E-state index in [4.69, 9.17) is 11.6 Å². The molecule has 4 rings (SSSR count). The highest BCUT2D eigenvalue weighted by molar-refractivity contribution is 6.30. The van der Waals surface area contributed by atoms with Crippen molar-refractivity contribution in [2.75, 3.05) is 0 Å². The lowest BCUT2D eigenvalue weighted by molar-refractivity contribution is 0.0949. The number of nitrogens with one attached hydrogen (secondary N) is 1. The van der Waals surface area contributed by atoms with Crippen molar-refractivity contribution >= 4 is 28.5 Å². The maximum atomic E-state index is 13.0. The van der Waals surface area contributed by atoms with Crippen LogP contribution < -0.4 is 16.3 Å². The molecule has 0 atom stereocenters. The molecular formula is C21H20ClN3O3. The molecule has 0 saturated carbocycles. The molecule has 0 aliphatic carbocycles. The first-order valence-corrected chi connectivity index (χ1v) is 9.70. The second-order valence-electron chi connectivity index (χ2n) is 6.99. The Hall–Kier alpha value is -2.86. The van der Waals surface area contributed by atoms with Crippen LogP contribution in [0.5, 0.6) is 0 Å². The molecule has 144 valence electrons. The quantitative estimate of drug-likeness (QED) is 0.719. The number of benzene rings is 1. The number of aryl methyl sites for hydroxylation is 3. The van der Waals surface area contributed by atoms with Crippen molar-refractivity contribution in [3.05, 3.63) is 78.8 Å². The van der Waals surface area contributed by atoms with Crippen LogP contribution in [0.15, 0.2) is 46.1 Å². The minimum atomic E-state index is -0.424. The molecule has 1 amide bonds. The van der Waals surface area contributed by atoms with Crippen molar-refractivity contribution in [2.45, 2.75) is 39.4 Å². The molecule has 6 nitrogen and oxygen atoms in total. The van der Waals surface area contributed by atoms with Crippen molar-refractivity contribution in [2.24, 2.45) is 0 Å². The molecule has 1 N–H and O–H groups in total. The Bertz CT molecular complexity index is 1190. The van der Waals surface area contributed by atoms with Crippen LogP contribution in [0.25, 0.3) is 11.0 Å². The van der Waals surface area contributed by atoms with E-state index >= 15 is 0 Å². The molecule has 2 aromatic heterocycles. The molecule has 0 bridgehead atoms. The number of amides is 1. The Morgan fingerprint density at radius 2 is 1.93 bits per heavy atom. The zero-order chi connectivity index (χ0) is 19.8. The van der Waals surface area contributed by atoms with Gasteiger partial charge in [0.05, 0.1) is 5.39 Å². The first-order chi connectivity index (χ1) is 13.5. The van der Waals surface area contributed by atoms with Gasteiger partial charge in [-0.1, -0.05) is 37.1 Å². The zero-order valence-electron chi connectivity index (χ0n) is 15.5. The van der Waals surface area contributed by atoms with Crippen molar-refractivity contribution in [3.63, 3.8) is 0 Å². The summed E-state index contributed by atoms with van der Waals surface area (Å²) >= 11 is 5.88. The van der Waals surface area contributed by atoms with E-state index in [-0.39, 0.29) is 16.6 Å². The Labute approximate surface area is 166 Å². The maximum Gasteiger partial charge on any atom is 0.257 e. The maximum absolute atomic E-state index is 13.0. The highest BCUT2D eigenvalue weighted by Gasteiger charge is 2.23. The summed E-state index contributed by atoms with van der Waals surface area (Å²) in [5.41, 5.74) is 1.83. The zero-order valence-corrected chi connectivity index (χ0v) is 16.3. The third-order valence-corrected chi connectivity index (χ3v) is 5.33. The van der Waals surface area contributed by atoms with Gasteiger partial charge in [0.1, 0.15) is 11.2 Å². The fourth-order valence-electron chi connectivity index (χ4n) is 3.69. The normalized spacial score (nSPS) is 12.5. The van der Waals surface area contributed by atoms with Crippen LogP contribution in [0.4, 0.5) is 0 Å². The summed E-state index contributed by atoms with van der Waals surface area (Å²) < 4.78 is 3.47. The fourth-order valence-corrected chi connectivity index (χ4v) is 3.81. The molecule has 1 aliphatic rings. The summed E-state index contributed by atoms with van der Waals surface area (Å²) in [7, 11) is 0. The van der Waals surface area contributed by atoms with Gasteiger partial charge in [-0.15, -0.1) is 0 Å². The lowest BCUT2D eigenvalue weighted by Gasteiger charge is -2.11. The summed E-state index contributed by atoms with van der Waals surface area (Å²) in [5, 5.41) is 3.85. The number of hydrogen-bond donors (Lipinski definition) is 1. The molecule has 0 unspecified atom stereocenters. The van der Waals surface area contributed by atoms with E-state index in [1.807, 2.05) is 23.6 Å². The fraction of sp³-hybridized carbons (Fsp3) is 0.286. The monoisotopic (exact) mass is 397 g/mol. The van der Waals surface area contributed by atoms with E-state index in [1.54, 1.807) is 29.0 Å². The lowest BCUT2D eigenvalue weighted by Crippen LogP contribution is -2.30. The first kappa shape index (κ1) is 18.5. The van der Waals surface area contributed by atoms with Crippen LogP contribution in [-0.2, 0) is 26.1 Å². The van der Waals surface area contributed by atoms with E-state index in [2.05, 4.69) is 5.32 Å². The molecule has 0 saturated heterocycles. The van der Waals surface area contributed by atoms with Gasteiger partial charge < -0.3 is 9.88 Å². The van der Waals surface area contributed by atoms with Crippen molar-refractivity contribution in [1.29, 1.82) is 0 Å². The molecule has 3 heterocycles. The SMILES string of the molecule is CCCc1cc2c(=O)c(C(=O)NCc3ccc(Cl)cc3)cn3c2n(c1=O)CC3. The molecule has 1 aromatic carbocycles. The molecular weight excluding hydrogens is 378 g/mol. The minimum Gasteiger partial charge on any atom is -0.348 e. The Morgan fingerprint density at radius 1 is 1.18 bits per heavy atom. The van der Waals surface area contributed by atoms with E-state index in [9.17, 15) is 14.4 Å². The number of rotatable bonds is 5. The highest BCUT2D eigenvalue weighted by atomic mass is 35.5. The number of nitrogens with zero attached hydrogens (tertiary/aromatic N) is 2. The molecule has 7 heteroatoms. The van der Waals surface area contributed by atoms with Crippen LogP contribution in [0.2, 0.25) is 5.02 Å². The van der Waals surface area contributed by atoms with Gasteiger partial charge >= 0.3 is 0 Å². The third-order valence-electron chi connectivity index (χ3n) is 5.08. The predicted molar refractivity (Wildman–Crippen MR) is 109 cm³/mol. The number of pyridine rings is 2. The topological polar surface area (TPSA) is 73.1 Å². The molecule has 0 radical (unpaired) electrons. The van der Waals surface area contributed by atoms with Gasteiger partial charge in [0.25, 0.3) is 11.5 Å². The summed E-state index contributed by atoms with van der Waals surface area (Å²) in [4.78, 5) is 38.3. The van der Waals surface area contributed by atoms with E-state index < -0.39 is 5.91 Å². The van der Waals surface area contributed by atoms with Gasteiger partial charge in [-0.3, -0.25) is 19.0 Å². The number of hydrogen-bond acceptors (Lipinski definition) is 3. The van der Waals surface area contributed by atoms with Gasteiger partial charge in [0.15, 0.2) is 0 Å². The van der Waals surface area contributed by atoms with Gasteiger partial charge in [-0.25, -0.2) is 0 Å². The van der Waals surface area contributed by atoms with E-state index in [1.165, 1.54) is 0 Å². The average Bonchev–Trinajstić information content (AvgIpc) is 3.12. The third kappa shape index (κ3) is 3.14. The Morgan fingerprint density at radius 3 is 2.64 bits per heavy atom. The van der Waals surface area contributed by atoms with Crippen LogP contribution in [0.1, 0.15) is 34.8 Å². The molecule has 0 spiro atoms. The second-order valence-corrected chi connectivity index (χ2v) is 7.42. The molecule has 3 aromatic rings.